The molecule has 224 valence electrons. The van der Waals surface area contributed by atoms with Crippen molar-refractivity contribution in [3.05, 3.63) is 88.6 Å². The largest absolute Gasteiger partial charge is 0.149 e. The van der Waals surface area contributed by atoms with Crippen molar-refractivity contribution < 1.29 is 0 Å². The zero-order valence-electron chi connectivity index (χ0n) is 28.4. The fourth-order valence-electron chi connectivity index (χ4n) is 1.83. The van der Waals surface area contributed by atoms with Gasteiger partial charge in [0.05, 0.1) is 0 Å². The summed E-state index contributed by atoms with van der Waals surface area (Å²) in [4.78, 5) is 8.37. The molecule has 0 aliphatic heterocycles. The molecule has 0 unspecified atom stereocenters. The maximum atomic E-state index is 2.14. The Bertz CT molecular complexity index is 701. The molecule has 0 N–H and O–H groups in total. The molecule has 4 heteroatoms. The first-order chi connectivity index (χ1) is 18.4. The van der Waals surface area contributed by atoms with Gasteiger partial charge < -0.3 is 0 Å². The first-order valence-electron chi connectivity index (χ1n) is 14.4. The molecule has 4 aromatic rings. The standard InChI is InChI=1S/2C6H8S.2C5H6S.6C2H6/c2*1-5-3-4-6(2)7-5;2*1-5-3-2-4-6-5;6*1-2/h2*3-4H,1-2H3;2*2-4H,1H3;6*1-2H3. The zero-order valence-corrected chi connectivity index (χ0v) is 31.7. The topological polar surface area (TPSA) is 0 Å². The minimum atomic E-state index is 1.38. The predicted octanol–water partition coefficient (Wildman–Crippen LogP) is 15.0. The summed E-state index contributed by atoms with van der Waals surface area (Å²) < 4.78 is 0. The van der Waals surface area contributed by atoms with E-state index in [0.29, 0.717) is 0 Å². The molecule has 0 aromatic carbocycles. The number of thiophene rings is 4. The van der Waals surface area contributed by atoms with Crippen LogP contribution >= 0.6 is 45.3 Å². The van der Waals surface area contributed by atoms with Gasteiger partial charge in [-0.1, -0.05) is 95.2 Å². The van der Waals surface area contributed by atoms with E-state index in [9.17, 15) is 0 Å². The molecule has 0 amide bonds. The van der Waals surface area contributed by atoms with E-state index in [-0.39, 0.29) is 0 Å². The van der Waals surface area contributed by atoms with Crippen molar-refractivity contribution in [1.29, 1.82) is 0 Å². The van der Waals surface area contributed by atoms with Crippen LogP contribution in [0.15, 0.2) is 59.3 Å². The van der Waals surface area contributed by atoms with E-state index in [1.165, 1.54) is 29.3 Å². The number of aryl methyl sites for hydroxylation is 6. The second-order valence-corrected chi connectivity index (χ2v) is 11.0. The van der Waals surface area contributed by atoms with Gasteiger partial charge in [-0.25, -0.2) is 0 Å². The van der Waals surface area contributed by atoms with Gasteiger partial charge in [0.15, 0.2) is 0 Å². The van der Waals surface area contributed by atoms with Crippen LogP contribution in [0.5, 0.6) is 0 Å². The van der Waals surface area contributed by atoms with Gasteiger partial charge in [-0.15, -0.1) is 45.3 Å². The van der Waals surface area contributed by atoms with Crippen LogP contribution in [0.4, 0.5) is 0 Å². The van der Waals surface area contributed by atoms with E-state index >= 15 is 0 Å². The highest BCUT2D eigenvalue weighted by atomic mass is 32.1. The smallest absolute Gasteiger partial charge is 0.00170 e. The van der Waals surface area contributed by atoms with Gasteiger partial charge in [-0.2, -0.15) is 0 Å². The average Bonchev–Trinajstić information content (AvgIpc) is 3.80. The van der Waals surface area contributed by atoms with Crippen molar-refractivity contribution >= 4 is 45.3 Å². The van der Waals surface area contributed by atoms with Gasteiger partial charge in [0, 0.05) is 29.3 Å². The molecule has 0 radical (unpaired) electrons. The van der Waals surface area contributed by atoms with E-state index < -0.39 is 0 Å². The molecule has 0 nitrogen and oxygen atoms in total. The van der Waals surface area contributed by atoms with Crippen molar-refractivity contribution in [3.8, 4) is 0 Å². The Morgan fingerprint density at radius 1 is 0.316 bits per heavy atom. The lowest BCUT2D eigenvalue weighted by atomic mass is 10.5. The zero-order chi connectivity index (χ0) is 31.4. The lowest BCUT2D eigenvalue weighted by molar-refractivity contribution is 1.50. The molecule has 0 aliphatic rings. The summed E-state index contributed by atoms with van der Waals surface area (Å²) in [5.74, 6) is 0. The maximum absolute atomic E-state index is 2.14. The maximum Gasteiger partial charge on any atom is 0.00170 e. The summed E-state index contributed by atoms with van der Waals surface area (Å²) in [5.41, 5.74) is 0. The van der Waals surface area contributed by atoms with Crippen molar-refractivity contribution in [2.45, 2.75) is 125 Å². The quantitative estimate of drug-likeness (QED) is 0.188. The second kappa shape index (κ2) is 45.7. The molecule has 0 bridgehead atoms. The Balaban J connectivity index is -0.0000000795. The Hall–Kier alpha value is -1.20. The van der Waals surface area contributed by atoms with Gasteiger partial charge in [0.25, 0.3) is 0 Å². The summed E-state index contributed by atoms with van der Waals surface area (Å²) >= 11 is 7.24. The fraction of sp³-hybridized carbons (Fsp3) is 0.529. The van der Waals surface area contributed by atoms with Crippen LogP contribution in [0.25, 0.3) is 0 Å². The molecular formula is C34H64S4. The summed E-state index contributed by atoms with van der Waals surface area (Å²) in [6.07, 6.45) is 0. The summed E-state index contributed by atoms with van der Waals surface area (Å²) in [6.45, 7) is 36.7. The third kappa shape index (κ3) is 41.9. The van der Waals surface area contributed by atoms with Gasteiger partial charge in [-0.3, -0.25) is 0 Å². The molecule has 0 aliphatic carbocycles. The third-order valence-corrected chi connectivity index (χ3v) is 6.51. The van der Waals surface area contributed by atoms with E-state index in [0.717, 1.165) is 0 Å². The Kier molecular flexibility index (Phi) is 59.8. The van der Waals surface area contributed by atoms with Crippen molar-refractivity contribution in [1.82, 2.24) is 0 Å². The highest BCUT2D eigenvalue weighted by molar-refractivity contribution is 7.12. The molecular weight excluding hydrogens is 537 g/mol. The van der Waals surface area contributed by atoms with Crippen LogP contribution in [0, 0.1) is 41.5 Å². The predicted molar refractivity (Wildman–Crippen MR) is 194 cm³/mol. The summed E-state index contributed by atoms with van der Waals surface area (Å²) in [7, 11) is 0. The molecule has 0 saturated heterocycles. The average molecular weight is 601 g/mol. The van der Waals surface area contributed by atoms with Gasteiger partial charge in [0.1, 0.15) is 0 Å². The minimum absolute atomic E-state index is 1.38. The summed E-state index contributed by atoms with van der Waals surface area (Å²) in [6, 6.07) is 16.9. The normalized spacial score (nSPS) is 7.21. The minimum Gasteiger partial charge on any atom is -0.149 e. The van der Waals surface area contributed by atoms with Crippen molar-refractivity contribution in [2.75, 3.05) is 0 Å². The molecule has 0 atom stereocenters. The fourth-order valence-corrected chi connectivity index (χ4v) is 4.45. The van der Waals surface area contributed by atoms with E-state index in [4.69, 9.17) is 0 Å². The lowest BCUT2D eigenvalue weighted by Gasteiger charge is -1.71. The van der Waals surface area contributed by atoms with Crippen LogP contribution in [0.3, 0.4) is 0 Å². The van der Waals surface area contributed by atoms with E-state index in [1.807, 2.05) is 106 Å². The SMILES string of the molecule is CC.CC.CC.CC.CC.CC.Cc1ccc(C)s1.Cc1ccc(C)s1.Cc1cccs1.Cc1cccs1. The van der Waals surface area contributed by atoms with E-state index in [2.05, 4.69) is 101 Å². The highest BCUT2D eigenvalue weighted by Crippen LogP contribution is 2.12. The molecule has 0 spiro atoms. The first kappa shape index (κ1) is 49.7. The highest BCUT2D eigenvalue weighted by Gasteiger charge is 1.85. The number of rotatable bonds is 0. The van der Waals surface area contributed by atoms with Crippen LogP contribution in [-0.4, -0.2) is 0 Å². The Morgan fingerprint density at radius 3 is 0.579 bits per heavy atom. The third-order valence-electron chi connectivity index (χ3n) is 3.08. The van der Waals surface area contributed by atoms with Gasteiger partial charge in [0.2, 0.25) is 0 Å². The van der Waals surface area contributed by atoms with Crippen LogP contribution < -0.4 is 0 Å². The monoisotopic (exact) mass is 600 g/mol. The molecule has 38 heavy (non-hydrogen) atoms. The van der Waals surface area contributed by atoms with Crippen LogP contribution in [-0.2, 0) is 0 Å². The Labute approximate surface area is 257 Å². The van der Waals surface area contributed by atoms with Crippen LogP contribution in [0.2, 0.25) is 0 Å². The van der Waals surface area contributed by atoms with Crippen LogP contribution in [0.1, 0.15) is 112 Å². The molecule has 0 fully saturated rings. The molecule has 4 rings (SSSR count). The van der Waals surface area contributed by atoms with E-state index in [1.54, 1.807) is 22.7 Å². The van der Waals surface area contributed by atoms with Crippen molar-refractivity contribution in [2.24, 2.45) is 0 Å². The molecule has 4 aromatic heterocycles. The van der Waals surface area contributed by atoms with Crippen molar-refractivity contribution in [3.63, 3.8) is 0 Å². The Morgan fingerprint density at radius 2 is 0.526 bits per heavy atom. The number of hydrogen-bond acceptors (Lipinski definition) is 4. The van der Waals surface area contributed by atoms with Gasteiger partial charge >= 0.3 is 0 Å². The molecule has 4 heterocycles. The molecule has 0 saturated carbocycles. The lowest BCUT2D eigenvalue weighted by Crippen LogP contribution is -1.44. The van der Waals surface area contributed by atoms with Gasteiger partial charge in [-0.05, 0) is 88.7 Å². The second-order valence-electron chi connectivity index (χ2n) is 5.76. The summed E-state index contributed by atoms with van der Waals surface area (Å²) in [5, 5.41) is 4.16. The first-order valence-corrected chi connectivity index (χ1v) is 17.8. The number of hydrogen-bond donors (Lipinski definition) is 0.